The van der Waals surface area contributed by atoms with Crippen LogP contribution in [0.15, 0.2) is 30.5 Å². The van der Waals surface area contributed by atoms with Crippen molar-refractivity contribution in [1.82, 2.24) is 9.97 Å². The Morgan fingerprint density at radius 3 is 2.72 bits per heavy atom. The molecule has 1 aromatic heterocycles. The van der Waals surface area contributed by atoms with E-state index in [4.69, 9.17) is 11.6 Å². The van der Waals surface area contributed by atoms with Crippen LogP contribution < -0.4 is 0 Å². The highest BCUT2D eigenvalue weighted by Crippen LogP contribution is 2.41. The Hall–Kier alpha value is -1.48. The van der Waals surface area contributed by atoms with Gasteiger partial charge in [0.25, 0.3) is 0 Å². The lowest BCUT2D eigenvalue weighted by Gasteiger charge is -2.27. The molecule has 1 aromatic carbocycles. The Balaban J connectivity index is 2.13. The van der Waals surface area contributed by atoms with Crippen LogP contribution in [0, 0.1) is 5.82 Å². The molecule has 1 aliphatic carbocycles. The fraction of sp³-hybridized carbons (Fsp3) is 0.286. The number of hydrogen-bond donors (Lipinski definition) is 0. The molecule has 0 aliphatic heterocycles. The van der Waals surface area contributed by atoms with E-state index in [1.54, 1.807) is 0 Å². The van der Waals surface area contributed by atoms with Crippen LogP contribution in [0.3, 0.4) is 0 Å². The summed E-state index contributed by atoms with van der Waals surface area (Å²) in [6.45, 7) is 0. The second-order valence-electron chi connectivity index (χ2n) is 4.55. The number of halogens is 2. The highest BCUT2D eigenvalue weighted by atomic mass is 35.5. The topological polar surface area (TPSA) is 25.8 Å². The summed E-state index contributed by atoms with van der Waals surface area (Å²) >= 11 is 5.76. The highest BCUT2D eigenvalue weighted by Gasteiger charge is 2.23. The van der Waals surface area contributed by atoms with Crippen LogP contribution in [0.5, 0.6) is 0 Å². The molecule has 0 saturated heterocycles. The van der Waals surface area contributed by atoms with Crippen molar-refractivity contribution < 1.29 is 4.39 Å². The molecule has 1 fully saturated rings. The molecule has 0 unspecified atom stereocenters. The normalized spacial score (nSPS) is 15.4. The van der Waals surface area contributed by atoms with Crippen LogP contribution in [0.25, 0.3) is 11.3 Å². The number of hydrogen-bond acceptors (Lipinski definition) is 2. The predicted octanol–water partition coefficient (Wildman–Crippen LogP) is 4.20. The van der Waals surface area contributed by atoms with E-state index in [1.807, 2.05) is 18.2 Å². The lowest BCUT2D eigenvalue weighted by molar-refractivity contribution is 0.420. The SMILES string of the molecule is Fc1cnc(Cl)nc1-c1ccccc1C1CCC1. The lowest BCUT2D eigenvalue weighted by Crippen LogP contribution is -2.10. The van der Waals surface area contributed by atoms with Gasteiger partial charge in [-0.05, 0) is 35.9 Å². The van der Waals surface area contributed by atoms with Gasteiger partial charge in [0.15, 0.2) is 5.82 Å². The maximum atomic E-state index is 13.8. The van der Waals surface area contributed by atoms with Crippen molar-refractivity contribution >= 4 is 11.6 Å². The quantitative estimate of drug-likeness (QED) is 0.758. The molecule has 1 aliphatic rings. The molecule has 0 N–H and O–H groups in total. The molecule has 3 rings (SSSR count). The number of nitrogens with zero attached hydrogens (tertiary/aromatic N) is 2. The predicted molar refractivity (Wildman–Crippen MR) is 69.0 cm³/mol. The second kappa shape index (κ2) is 4.65. The van der Waals surface area contributed by atoms with Crippen molar-refractivity contribution in [2.75, 3.05) is 0 Å². The first-order valence-corrected chi connectivity index (χ1v) is 6.41. The molecular formula is C14H12ClFN2. The first-order valence-electron chi connectivity index (χ1n) is 6.03. The summed E-state index contributed by atoms with van der Waals surface area (Å²) in [6.07, 6.45) is 4.70. The minimum atomic E-state index is -0.425. The maximum Gasteiger partial charge on any atom is 0.223 e. The number of aromatic nitrogens is 2. The van der Waals surface area contributed by atoms with Crippen LogP contribution in [-0.4, -0.2) is 9.97 Å². The van der Waals surface area contributed by atoms with E-state index in [0.717, 1.165) is 30.2 Å². The third-order valence-electron chi connectivity index (χ3n) is 3.48. The summed E-state index contributed by atoms with van der Waals surface area (Å²) in [5, 5.41) is 0.0785. The van der Waals surface area contributed by atoms with E-state index in [2.05, 4.69) is 16.0 Å². The molecule has 4 heteroatoms. The number of rotatable bonds is 2. The van der Waals surface area contributed by atoms with Gasteiger partial charge in [0.2, 0.25) is 5.28 Å². The lowest BCUT2D eigenvalue weighted by atomic mass is 9.78. The van der Waals surface area contributed by atoms with Gasteiger partial charge < -0.3 is 0 Å². The molecule has 18 heavy (non-hydrogen) atoms. The molecule has 0 spiro atoms. The van der Waals surface area contributed by atoms with Gasteiger partial charge in [0, 0.05) is 5.56 Å². The Bertz CT molecular complexity index is 582. The van der Waals surface area contributed by atoms with Crippen molar-refractivity contribution in [2.45, 2.75) is 25.2 Å². The van der Waals surface area contributed by atoms with E-state index in [-0.39, 0.29) is 5.28 Å². The monoisotopic (exact) mass is 262 g/mol. The van der Waals surface area contributed by atoms with Crippen LogP contribution in [0.2, 0.25) is 5.28 Å². The zero-order valence-corrected chi connectivity index (χ0v) is 10.5. The standard InChI is InChI=1S/C14H12ClFN2/c15-14-17-8-12(16)13(18-14)11-7-2-1-6-10(11)9-4-3-5-9/h1-2,6-9H,3-5H2. The van der Waals surface area contributed by atoms with E-state index in [9.17, 15) is 4.39 Å². The third kappa shape index (κ3) is 1.99. The van der Waals surface area contributed by atoms with Crippen molar-refractivity contribution in [1.29, 1.82) is 0 Å². The molecule has 1 saturated carbocycles. The van der Waals surface area contributed by atoms with Crippen LogP contribution in [0.1, 0.15) is 30.7 Å². The molecule has 1 heterocycles. The zero-order chi connectivity index (χ0) is 12.5. The fourth-order valence-electron chi connectivity index (χ4n) is 2.32. The Labute approximate surface area is 110 Å². The van der Waals surface area contributed by atoms with Crippen LogP contribution in [0.4, 0.5) is 4.39 Å². The van der Waals surface area contributed by atoms with Gasteiger partial charge in [-0.1, -0.05) is 30.7 Å². The molecule has 92 valence electrons. The first-order chi connectivity index (χ1) is 8.75. The summed E-state index contributed by atoms with van der Waals surface area (Å²) in [4.78, 5) is 7.68. The second-order valence-corrected chi connectivity index (χ2v) is 4.89. The summed E-state index contributed by atoms with van der Waals surface area (Å²) in [5.74, 6) is 0.0977. The average molecular weight is 263 g/mol. The van der Waals surface area contributed by atoms with Gasteiger partial charge in [-0.25, -0.2) is 14.4 Å². The average Bonchev–Trinajstić information content (AvgIpc) is 2.31. The Morgan fingerprint density at radius 1 is 1.22 bits per heavy atom. The van der Waals surface area contributed by atoms with E-state index >= 15 is 0 Å². The van der Waals surface area contributed by atoms with Crippen molar-refractivity contribution in [3.8, 4) is 11.3 Å². The van der Waals surface area contributed by atoms with Gasteiger partial charge in [0.05, 0.1) is 6.20 Å². The number of benzene rings is 1. The molecule has 0 amide bonds. The van der Waals surface area contributed by atoms with Crippen LogP contribution >= 0.6 is 11.6 Å². The van der Waals surface area contributed by atoms with Crippen molar-refractivity contribution in [2.24, 2.45) is 0 Å². The summed E-state index contributed by atoms with van der Waals surface area (Å²) in [7, 11) is 0. The molecule has 0 bridgehead atoms. The minimum Gasteiger partial charge on any atom is -0.223 e. The highest BCUT2D eigenvalue weighted by molar-refractivity contribution is 6.28. The molecule has 0 atom stereocenters. The molecule has 0 radical (unpaired) electrons. The smallest absolute Gasteiger partial charge is 0.223 e. The molecular weight excluding hydrogens is 251 g/mol. The van der Waals surface area contributed by atoms with Gasteiger partial charge >= 0.3 is 0 Å². The van der Waals surface area contributed by atoms with Gasteiger partial charge in [-0.2, -0.15) is 0 Å². The van der Waals surface area contributed by atoms with Gasteiger partial charge in [-0.15, -0.1) is 0 Å². The minimum absolute atomic E-state index is 0.0785. The molecule has 2 nitrogen and oxygen atoms in total. The zero-order valence-electron chi connectivity index (χ0n) is 9.74. The maximum absolute atomic E-state index is 13.8. The van der Waals surface area contributed by atoms with Crippen molar-refractivity contribution in [3.63, 3.8) is 0 Å². The van der Waals surface area contributed by atoms with Crippen molar-refractivity contribution in [3.05, 3.63) is 47.1 Å². The molecule has 2 aromatic rings. The fourth-order valence-corrected chi connectivity index (χ4v) is 2.46. The van der Waals surface area contributed by atoms with E-state index in [1.165, 1.54) is 6.42 Å². The Kier molecular flexibility index (Phi) is 3.00. The Morgan fingerprint density at radius 2 is 2.00 bits per heavy atom. The van der Waals surface area contributed by atoms with Gasteiger partial charge in [0.1, 0.15) is 5.69 Å². The summed E-state index contributed by atoms with van der Waals surface area (Å²) in [5.41, 5.74) is 2.30. The van der Waals surface area contributed by atoms with E-state index in [0.29, 0.717) is 11.6 Å². The van der Waals surface area contributed by atoms with Gasteiger partial charge in [-0.3, -0.25) is 0 Å². The summed E-state index contributed by atoms with van der Waals surface area (Å²) < 4.78 is 13.8. The van der Waals surface area contributed by atoms with E-state index < -0.39 is 5.82 Å². The third-order valence-corrected chi connectivity index (χ3v) is 3.66. The summed E-state index contributed by atoms with van der Waals surface area (Å²) in [6, 6.07) is 7.83. The first kappa shape index (κ1) is 11.6. The van der Waals surface area contributed by atoms with Crippen LogP contribution in [-0.2, 0) is 0 Å². The largest absolute Gasteiger partial charge is 0.223 e.